The number of nitrogens with zero attached hydrogens (tertiary/aromatic N) is 1. The largest absolute Gasteiger partial charge is 0.482 e. The lowest BCUT2D eigenvalue weighted by Gasteiger charge is -2.20. The molecule has 160 valence electrons. The van der Waals surface area contributed by atoms with Gasteiger partial charge in [0.05, 0.1) is 15.8 Å². The lowest BCUT2D eigenvalue weighted by Crippen LogP contribution is -2.27. The quantitative estimate of drug-likeness (QED) is 0.728. The van der Waals surface area contributed by atoms with E-state index in [1.165, 1.54) is 25.1 Å². The first-order valence-corrected chi connectivity index (χ1v) is 11.0. The number of carbonyl (C=O) groups excluding carboxylic acids is 2. The minimum Gasteiger partial charge on any atom is -0.482 e. The van der Waals surface area contributed by atoms with Crippen LogP contribution >= 0.6 is 0 Å². The number of aryl methyl sites for hydroxylation is 1. The van der Waals surface area contributed by atoms with Crippen molar-refractivity contribution in [2.24, 2.45) is 0 Å². The van der Waals surface area contributed by atoms with E-state index in [0.29, 0.717) is 17.1 Å². The van der Waals surface area contributed by atoms with Crippen LogP contribution in [-0.4, -0.2) is 46.2 Å². The predicted octanol–water partition coefficient (Wildman–Crippen LogP) is 2.58. The molecule has 0 aromatic heterocycles. The highest BCUT2D eigenvalue weighted by atomic mass is 32.2. The van der Waals surface area contributed by atoms with Crippen LogP contribution in [0.5, 0.6) is 5.75 Å². The van der Waals surface area contributed by atoms with Crippen LogP contribution in [0.3, 0.4) is 0 Å². The summed E-state index contributed by atoms with van der Waals surface area (Å²) in [5.74, 6) is -0.330. The summed E-state index contributed by atoms with van der Waals surface area (Å²) in [4.78, 5) is 25.9. The normalized spacial score (nSPS) is 14.2. The summed E-state index contributed by atoms with van der Waals surface area (Å²) in [6, 6.07) is 9.81. The Morgan fingerprint density at radius 2 is 1.97 bits per heavy atom. The first-order chi connectivity index (χ1) is 14.1. The van der Waals surface area contributed by atoms with Crippen molar-refractivity contribution in [1.29, 1.82) is 0 Å². The number of hydrogen-bond acceptors (Lipinski definition) is 6. The van der Waals surface area contributed by atoms with Gasteiger partial charge in [-0.1, -0.05) is 6.07 Å². The molecule has 0 fully saturated rings. The summed E-state index contributed by atoms with van der Waals surface area (Å²) in [6.45, 7) is 3.36. The second kappa shape index (κ2) is 8.35. The molecule has 2 aromatic rings. The lowest BCUT2D eigenvalue weighted by molar-refractivity contribution is -0.118. The molecule has 30 heavy (non-hydrogen) atoms. The second-order valence-corrected chi connectivity index (χ2v) is 9.86. The number of ether oxygens (including phenoxy) is 1. The second-order valence-electron chi connectivity index (χ2n) is 7.50. The van der Waals surface area contributed by atoms with Gasteiger partial charge in [0.15, 0.2) is 16.4 Å². The minimum atomic E-state index is -3.78. The van der Waals surface area contributed by atoms with E-state index in [1.54, 1.807) is 6.07 Å². The van der Waals surface area contributed by atoms with Gasteiger partial charge in [0.1, 0.15) is 5.75 Å². The van der Waals surface area contributed by atoms with E-state index < -0.39 is 21.0 Å². The van der Waals surface area contributed by atoms with E-state index in [2.05, 4.69) is 10.6 Å². The lowest BCUT2D eigenvalue weighted by atomic mass is 10.1. The molecule has 9 heteroatoms. The third-order valence-corrected chi connectivity index (χ3v) is 7.03. The Labute approximate surface area is 176 Å². The molecule has 2 N–H and O–H groups in total. The van der Waals surface area contributed by atoms with Gasteiger partial charge in [0.2, 0.25) is 5.91 Å². The summed E-state index contributed by atoms with van der Waals surface area (Å²) >= 11 is 0. The standard InChI is InChI=1S/C21H25N3O5S/c1-13-5-6-15(10-18(13)24(3)4)22-20(25)9-14(2)30(27,28)16-7-8-19-17(11-16)23-21(26)12-29-19/h5-8,10-11,14H,9,12H2,1-4H3,(H,22,25)(H,23,26). The van der Waals surface area contributed by atoms with Gasteiger partial charge in [-0.05, 0) is 49.7 Å². The van der Waals surface area contributed by atoms with Crippen LogP contribution in [0.2, 0.25) is 0 Å². The molecule has 0 radical (unpaired) electrons. The van der Waals surface area contributed by atoms with Crippen LogP contribution < -0.4 is 20.3 Å². The average molecular weight is 432 g/mol. The van der Waals surface area contributed by atoms with Crippen molar-refractivity contribution < 1.29 is 22.7 Å². The Kier molecular flexibility index (Phi) is 6.02. The molecule has 1 atom stereocenters. The molecule has 0 saturated carbocycles. The van der Waals surface area contributed by atoms with Gasteiger partial charge in [0.25, 0.3) is 5.91 Å². The molecule has 1 aliphatic heterocycles. The van der Waals surface area contributed by atoms with Crippen molar-refractivity contribution >= 4 is 38.7 Å². The van der Waals surface area contributed by atoms with Crippen LogP contribution in [0, 0.1) is 6.92 Å². The highest BCUT2D eigenvalue weighted by Gasteiger charge is 2.28. The fraction of sp³-hybridized carbons (Fsp3) is 0.333. The van der Waals surface area contributed by atoms with Gasteiger partial charge in [-0.3, -0.25) is 9.59 Å². The monoisotopic (exact) mass is 431 g/mol. The third-order valence-electron chi connectivity index (χ3n) is 4.89. The maximum Gasteiger partial charge on any atom is 0.262 e. The molecule has 0 aliphatic carbocycles. The summed E-state index contributed by atoms with van der Waals surface area (Å²) in [7, 11) is 0.0411. The molecule has 8 nitrogen and oxygen atoms in total. The first kappa shape index (κ1) is 21.6. The van der Waals surface area contributed by atoms with E-state index in [4.69, 9.17) is 4.74 Å². The van der Waals surface area contributed by atoms with Crippen LogP contribution in [0.15, 0.2) is 41.3 Å². The van der Waals surface area contributed by atoms with Crippen molar-refractivity contribution in [1.82, 2.24) is 0 Å². The van der Waals surface area contributed by atoms with E-state index in [0.717, 1.165) is 11.3 Å². The number of nitrogens with one attached hydrogen (secondary N) is 2. The predicted molar refractivity (Wildman–Crippen MR) is 116 cm³/mol. The van der Waals surface area contributed by atoms with Gasteiger partial charge in [-0.2, -0.15) is 0 Å². The minimum absolute atomic E-state index is 0.0255. The van der Waals surface area contributed by atoms with E-state index in [1.807, 2.05) is 38.1 Å². The molecule has 2 aromatic carbocycles. The maximum absolute atomic E-state index is 12.9. The molecule has 0 bridgehead atoms. The zero-order valence-electron chi connectivity index (χ0n) is 17.4. The van der Waals surface area contributed by atoms with Gasteiger partial charge in [-0.15, -0.1) is 0 Å². The molecule has 1 unspecified atom stereocenters. The Morgan fingerprint density at radius 3 is 2.67 bits per heavy atom. The Morgan fingerprint density at radius 1 is 1.23 bits per heavy atom. The van der Waals surface area contributed by atoms with Crippen LogP contribution in [0.1, 0.15) is 18.9 Å². The number of benzene rings is 2. The van der Waals surface area contributed by atoms with Crippen LogP contribution in [-0.2, 0) is 19.4 Å². The van der Waals surface area contributed by atoms with Crippen LogP contribution in [0.4, 0.5) is 17.1 Å². The third kappa shape index (κ3) is 4.56. The smallest absolute Gasteiger partial charge is 0.262 e. The van der Waals surface area contributed by atoms with Gasteiger partial charge < -0.3 is 20.3 Å². The van der Waals surface area contributed by atoms with Gasteiger partial charge >= 0.3 is 0 Å². The first-order valence-electron chi connectivity index (χ1n) is 9.46. The van der Waals surface area contributed by atoms with Crippen molar-refractivity contribution in [3.63, 3.8) is 0 Å². The van der Waals surface area contributed by atoms with E-state index in [-0.39, 0.29) is 23.8 Å². The molecule has 3 rings (SSSR count). The molecule has 0 saturated heterocycles. The number of sulfone groups is 1. The number of carbonyl (C=O) groups is 2. The van der Waals surface area contributed by atoms with Crippen molar-refractivity contribution in [3.05, 3.63) is 42.0 Å². The zero-order valence-corrected chi connectivity index (χ0v) is 18.2. The zero-order chi connectivity index (χ0) is 22.1. The highest BCUT2D eigenvalue weighted by molar-refractivity contribution is 7.92. The van der Waals surface area contributed by atoms with Crippen molar-refractivity contribution in [2.45, 2.75) is 30.4 Å². The summed E-state index contributed by atoms with van der Waals surface area (Å²) in [6.07, 6.45) is -0.201. The Hall–Kier alpha value is -3.07. The Bertz CT molecular complexity index is 1100. The SMILES string of the molecule is Cc1ccc(NC(=O)CC(C)S(=O)(=O)c2ccc3c(c2)NC(=O)CO3)cc1N(C)C. The average Bonchev–Trinajstić information content (AvgIpc) is 2.68. The fourth-order valence-corrected chi connectivity index (χ4v) is 4.60. The molecule has 0 spiro atoms. The van der Waals surface area contributed by atoms with E-state index >= 15 is 0 Å². The topological polar surface area (TPSA) is 105 Å². The molecule has 1 heterocycles. The number of fused-ring (bicyclic) bond motifs is 1. The number of hydrogen-bond donors (Lipinski definition) is 2. The number of amides is 2. The Balaban J connectivity index is 1.72. The molecular weight excluding hydrogens is 406 g/mol. The molecule has 2 amide bonds. The summed E-state index contributed by atoms with van der Waals surface area (Å²) < 4.78 is 31.1. The summed E-state index contributed by atoms with van der Waals surface area (Å²) in [5, 5.41) is 4.41. The van der Waals surface area contributed by atoms with Crippen LogP contribution in [0.25, 0.3) is 0 Å². The number of anilines is 3. The maximum atomic E-state index is 12.9. The molecular formula is C21H25N3O5S. The molecule has 1 aliphatic rings. The van der Waals surface area contributed by atoms with Crippen molar-refractivity contribution in [3.8, 4) is 5.75 Å². The van der Waals surface area contributed by atoms with Crippen molar-refractivity contribution in [2.75, 3.05) is 36.2 Å². The summed E-state index contributed by atoms with van der Waals surface area (Å²) in [5.41, 5.74) is 2.94. The van der Waals surface area contributed by atoms with Gasteiger partial charge in [0, 0.05) is 31.9 Å². The highest BCUT2D eigenvalue weighted by Crippen LogP contribution is 2.32. The van der Waals surface area contributed by atoms with E-state index in [9.17, 15) is 18.0 Å². The fourth-order valence-electron chi connectivity index (χ4n) is 3.22. The number of rotatable bonds is 6. The van der Waals surface area contributed by atoms with Gasteiger partial charge in [-0.25, -0.2) is 8.42 Å².